The van der Waals surface area contributed by atoms with E-state index in [-0.39, 0.29) is 11.8 Å². The van der Waals surface area contributed by atoms with Crippen LogP contribution in [0.5, 0.6) is 0 Å². The number of amides is 1. The van der Waals surface area contributed by atoms with Crippen molar-refractivity contribution >= 4 is 15.9 Å². The van der Waals surface area contributed by atoms with Gasteiger partial charge in [0, 0.05) is 40.3 Å². The number of nitrogens with two attached hydrogens (primary N) is 1. The van der Waals surface area contributed by atoms with E-state index in [1.807, 2.05) is 6.07 Å². The van der Waals surface area contributed by atoms with Crippen LogP contribution in [0.4, 0.5) is 0 Å². The lowest BCUT2D eigenvalue weighted by atomic mass is 9.96. The van der Waals surface area contributed by atoms with Crippen LogP contribution in [0.2, 0.25) is 0 Å². The summed E-state index contributed by atoms with van der Waals surface area (Å²) in [7, 11) is -0.386. The van der Waals surface area contributed by atoms with Crippen molar-refractivity contribution in [2.45, 2.75) is 24.3 Å². The third-order valence-corrected chi connectivity index (χ3v) is 6.21. The van der Waals surface area contributed by atoms with Gasteiger partial charge in [0.25, 0.3) is 0 Å². The van der Waals surface area contributed by atoms with E-state index in [0.717, 1.165) is 24.9 Å². The van der Waals surface area contributed by atoms with Gasteiger partial charge in [0.1, 0.15) is 0 Å². The quantitative estimate of drug-likeness (QED) is 0.718. The number of sulfonamides is 1. The van der Waals surface area contributed by atoms with Crippen LogP contribution in [-0.4, -0.2) is 63.8 Å². The first-order chi connectivity index (χ1) is 11.8. The van der Waals surface area contributed by atoms with Crippen molar-refractivity contribution in [3.8, 4) is 0 Å². The van der Waals surface area contributed by atoms with Crippen molar-refractivity contribution in [1.82, 2.24) is 14.5 Å². The molecule has 140 valence electrons. The zero-order chi connectivity index (χ0) is 18.4. The van der Waals surface area contributed by atoms with Crippen LogP contribution in [0.15, 0.2) is 29.2 Å². The summed E-state index contributed by atoms with van der Waals surface area (Å²) in [6.45, 7) is 3.17. The van der Waals surface area contributed by atoms with Crippen LogP contribution in [0, 0.1) is 5.92 Å². The number of hydrogen-bond donors (Lipinski definition) is 2. The molecule has 1 aliphatic heterocycles. The smallest absolute Gasteiger partial charge is 0.242 e. The van der Waals surface area contributed by atoms with Gasteiger partial charge in [-0.3, -0.25) is 9.69 Å². The van der Waals surface area contributed by atoms with Crippen LogP contribution < -0.4 is 11.1 Å². The van der Waals surface area contributed by atoms with Crippen molar-refractivity contribution in [2.75, 3.05) is 40.3 Å². The van der Waals surface area contributed by atoms with Crippen LogP contribution in [0.25, 0.3) is 0 Å². The van der Waals surface area contributed by atoms with Gasteiger partial charge in [-0.2, -0.15) is 0 Å². The van der Waals surface area contributed by atoms with Gasteiger partial charge in [0.05, 0.1) is 10.8 Å². The molecule has 1 aromatic rings. The summed E-state index contributed by atoms with van der Waals surface area (Å²) in [5.74, 6) is 0.0214. The minimum absolute atomic E-state index is 0.0333. The van der Waals surface area contributed by atoms with E-state index in [2.05, 4.69) is 10.2 Å². The van der Waals surface area contributed by atoms with E-state index < -0.39 is 10.0 Å². The number of rotatable bonds is 7. The van der Waals surface area contributed by atoms with Gasteiger partial charge in [0.2, 0.25) is 15.9 Å². The number of likely N-dealkylation sites (tertiary alicyclic amines) is 1. The molecule has 8 heteroatoms. The molecule has 1 atom stereocenters. The van der Waals surface area contributed by atoms with Gasteiger partial charge in [-0.1, -0.05) is 12.1 Å². The number of benzene rings is 1. The van der Waals surface area contributed by atoms with Crippen molar-refractivity contribution in [1.29, 1.82) is 0 Å². The molecule has 25 heavy (non-hydrogen) atoms. The number of nitrogens with zero attached hydrogens (tertiary/aromatic N) is 2. The fourth-order valence-electron chi connectivity index (χ4n) is 3.03. The number of piperidine rings is 1. The second kappa shape index (κ2) is 8.75. The van der Waals surface area contributed by atoms with Crippen molar-refractivity contribution in [3.63, 3.8) is 0 Å². The second-order valence-corrected chi connectivity index (χ2v) is 8.74. The van der Waals surface area contributed by atoms with Gasteiger partial charge in [-0.05, 0) is 37.1 Å². The van der Waals surface area contributed by atoms with Crippen molar-refractivity contribution in [2.24, 2.45) is 11.7 Å². The Balaban J connectivity index is 2.03. The van der Waals surface area contributed by atoms with Crippen LogP contribution in [0.1, 0.15) is 18.4 Å². The predicted octanol–water partition coefficient (Wildman–Crippen LogP) is 0.224. The van der Waals surface area contributed by atoms with Gasteiger partial charge in [-0.15, -0.1) is 0 Å². The molecule has 0 bridgehead atoms. The Morgan fingerprint density at radius 2 is 2.16 bits per heavy atom. The summed E-state index contributed by atoms with van der Waals surface area (Å²) in [4.78, 5) is 14.6. The van der Waals surface area contributed by atoms with Gasteiger partial charge in [-0.25, -0.2) is 12.7 Å². The summed E-state index contributed by atoms with van der Waals surface area (Å²) < 4.78 is 25.7. The molecule has 1 unspecified atom stereocenters. The summed E-state index contributed by atoms with van der Waals surface area (Å²) in [6.07, 6.45) is 1.83. The summed E-state index contributed by atoms with van der Waals surface area (Å²) in [6, 6.07) is 7.01. The van der Waals surface area contributed by atoms with Crippen LogP contribution >= 0.6 is 0 Å². The largest absolute Gasteiger partial charge is 0.355 e. The Labute approximate surface area is 150 Å². The molecule has 1 aromatic carbocycles. The Morgan fingerprint density at radius 1 is 1.40 bits per heavy atom. The molecule has 1 fully saturated rings. The number of hydrogen-bond acceptors (Lipinski definition) is 5. The molecule has 7 nitrogen and oxygen atoms in total. The normalized spacial score (nSPS) is 19.1. The molecule has 1 saturated heterocycles. The second-order valence-electron chi connectivity index (χ2n) is 6.59. The van der Waals surface area contributed by atoms with Gasteiger partial charge >= 0.3 is 0 Å². The molecule has 1 heterocycles. The van der Waals surface area contributed by atoms with Gasteiger partial charge in [0.15, 0.2) is 0 Å². The Morgan fingerprint density at radius 3 is 2.84 bits per heavy atom. The fraction of sp³-hybridized carbons (Fsp3) is 0.588. The Hall–Kier alpha value is -1.48. The molecule has 0 radical (unpaired) electrons. The van der Waals surface area contributed by atoms with Crippen LogP contribution in [-0.2, 0) is 21.4 Å². The molecule has 2 rings (SSSR count). The molecule has 0 saturated carbocycles. The minimum Gasteiger partial charge on any atom is -0.355 e. The van der Waals surface area contributed by atoms with Gasteiger partial charge < -0.3 is 11.1 Å². The van der Waals surface area contributed by atoms with E-state index in [1.165, 1.54) is 18.4 Å². The standard InChI is InChI=1S/C17H28N4O3S/c1-20(2)25(23,24)16-7-3-5-14(11-16)12-21-10-4-6-15(13-21)17(22)19-9-8-18/h3,5,7,11,15H,4,6,8-10,12-13,18H2,1-2H3,(H,19,22). The first-order valence-corrected chi connectivity index (χ1v) is 10.00. The highest BCUT2D eigenvalue weighted by Gasteiger charge is 2.26. The molecule has 1 amide bonds. The van der Waals surface area contributed by atoms with E-state index >= 15 is 0 Å². The maximum absolute atomic E-state index is 12.3. The third-order valence-electron chi connectivity index (χ3n) is 4.40. The molecule has 0 aromatic heterocycles. The first kappa shape index (κ1) is 19.8. The molecule has 1 aliphatic rings. The topological polar surface area (TPSA) is 95.7 Å². The lowest BCUT2D eigenvalue weighted by Gasteiger charge is -2.32. The highest BCUT2D eigenvalue weighted by molar-refractivity contribution is 7.89. The van der Waals surface area contributed by atoms with Crippen molar-refractivity contribution in [3.05, 3.63) is 29.8 Å². The van der Waals surface area contributed by atoms with E-state index in [1.54, 1.807) is 18.2 Å². The average molecular weight is 369 g/mol. The Kier molecular flexibility index (Phi) is 6.95. The molecular weight excluding hydrogens is 340 g/mol. The Bertz CT molecular complexity index is 691. The third kappa shape index (κ3) is 5.24. The summed E-state index contributed by atoms with van der Waals surface area (Å²) in [5, 5.41) is 2.85. The monoisotopic (exact) mass is 368 g/mol. The SMILES string of the molecule is CN(C)S(=O)(=O)c1cccc(CN2CCCC(C(=O)NCCN)C2)c1. The molecule has 3 N–H and O–H groups in total. The summed E-state index contributed by atoms with van der Waals surface area (Å²) >= 11 is 0. The summed E-state index contributed by atoms with van der Waals surface area (Å²) in [5.41, 5.74) is 6.36. The highest BCUT2D eigenvalue weighted by Crippen LogP contribution is 2.21. The molecule has 0 spiro atoms. The van der Waals surface area contributed by atoms with E-state index in [4.69, 9.17) is 5.73 Å². The maximum atomic E-state index is 12.3. The van der Waals surface area contributed by atoms with E-state index in [0.29, 0.717) is 31.1 Å². The zero-order valence-corrected chi connectivity index (χ0v) is 15.8. The lowest BCUT2D eigenvalue weighted by Crippen LogP contribution is -2.43. The fourth-order valence-corrected chi connectivity index (χ4v) is 4.00. The average Bonchev–Trinajstić information content (AvgIpc) is 2.60. The van der Waals surface area contributed by atoms with E-state index in [9.17, 15) is 13.2 Å². The molecule has 0 aliphatic carbocycles. The highest BCUT2D eigenvalue weighted by atomic mass is 32.2. The van der Waals surface area contributed by atoms with Crippen molar-refractivity contribution < 1.29 is 13.2 Å². The van der Waals surface area contributed by atoms with Crippen LogP contribution in [0.3, 0.4) is 0 Å². The minimum atomic E-state index is -3.44. The number of carbonyl (C=O) groups excluding carboxylic acids is 1. The number of carbonyl (C=O) groups is 1. The lowest BCUT2D eigenvalue weighted by molar-refractivity contribution is -0.126. The number of nitrogens with one attached hydrogen (secondary N) is 1. The maximum Gasteiger partial charge on any atom is 0.242 e. The predicted molar refractivity (Wildman–Crippen MR) is 97.4 cm³/mol. The first-order valence-electron chi connectivity index (χ1n) is 8.56. The molecular formula is C17H28N4O3S. The zero-order valence-electron chi connectivity index (χ0n) is 14.9.